The largest absolute Gasteiger partial charge is 0.459 e. The molecule has 98 valence electrons. The summed E-state index contributed by atoms with van der Waals surface area (Å²) >= 11 is 0. The normalized spacial score (nSPS) is 31.3. The lowest BCUT2D eigenvalue weighted by atomic mass is 10.1. The lowest BCUT2D eigenvalue weighted by Gasteiger charge is -2.14. The van der Waals surface area contributed by atoms with Crippen LogP contribution in [0.15, 0.2) is 30.3 Å². The van der Waals surface area contributed by atoms with Gasteiger partial charge in [0, 0.05) is 0 Å². The van der Waals surface area contributed by atoms with Crippen LogP contribution in [0.5, 0.6) is 0 Å². The maximum atomic E-state index is 11.6. The van der Waals surface area contributed by atoms with Gasteiger partial charge in [0.25, 0.3) is 0 Å². The van der Waals surface area contributed by atoms with Gasteiger partial charge in [-0.3, -0.25) is 0 Å². The van der Waals surface area contributed by atoms with E-state index in [4.69, 9.17) is 9.47 Å². The average molecular weight is 252 g/mol. The molecule has 1 saturated heterocycles. The number of carbonyl (C=O) groups excluding carboxylic acids is 1. The van der Waals surface area contributed by atoms with E-state index in [-0.39, 0.29) is 6.61 Å². The van der Waals surface area contributed by atoms with Gasteiger partial charge in [-0.2, -0.15) is 0 Å². The molecule has 0 bridgehead atoms. The van der Waals surface area contributed by atoms with E-state index < -0.39 is 30.4 Å². The smallest absolute Gasteiger partial charge is 0.338 e. The first-order valence-corrected chi connectivity index (χ1v) is 5.83. The first kappa shape index (κ1) is 13.0. The van der Waals surface area contributed by atoms with Gasteiger partial charge in [0.15, 0.2) is 0 Å². The predicted molar refractivity (Wildman–Crippen MR) is 63.1 cm³/mol. The Morgan fingerprint density at radius 1 is 1.28 bits per heavy atom. The standard InChI is InChI=1S/C13H16O5/c1-8-11(14)12(15)10(18-8)7-17-13(16)9-5-3-2-4-6-9/h2-6,8,10-12,14-15H,7H2,1H3/t8?,10-,11+,12+/m1/s1. The molecule has 1 aliphatic heterocycles. The van der Waals surface area contributed by atoms with Crippen LogP contribution >= 0.6 is 0 Å². The summed E-state index contributed by atoms with van der Waals surface area (Å²) in [6, 6.07) is 8.57. The highest BCUT2D eigenvalue weighted by Crippen LogP contribution is 2.21. The summed E-state index contributed by atoms with van der Waals surface area (Å²) in [5, 5.41) is 19.1. The molecule has 2 rings (SSSR count). The molecule has 2 N–H and O–H groups in total. The number of rotatable bonds is 3. The van der Waals surface area contributed by atoms with Crippen LogP contribution in [-0.4, -0.2) is 47.2 Å². The van der Waals surface area contributed by atoms with E-state index in [1.54, 1.807) is 37.3 Å². The third-order valence-electron chi connectivity index (χ3n) is 2.99. The monoisotopic (exact) mass is 252 g/mol. The maximum absolute atomic E-state index is 11.6. The van der Waals surface area contributed by atoms with Gasteiger partial charge in [-0.1, -0.05) is 18.2 Å². The van der Waals surface area contributed by atoms with Crippen molar-refractivity contribution in [3.8, 4) is 0 Å². The topological polar surface area (TPSA) is 76.0 Å². The van der Waals surface area contributed by atoms with Crippen LogP contribution in [0.1, 0.15) is 17.3 Å². The summed E-state index contributed by atoms with van der Waals surface area (Å²) in [6.07, 6.45) is -3.10. The van der Waals surface area contributed by atoms with E-state index >= 15 is 0 Å². The van der Waals surface area contributed by atoms with Crippen LogP contribution < -0.4 is 0 Å². The van der Waals surface area contributed by atoms with Crippen molar-refractivity contribution in [1.82, 2.24) is 0 Å². The first-order valence-electron chi connectivity index (χ1n) is 5.83. The molecular formula is C13H16O5. The van der Waals surface area contributed by atoms with E-state index in [0.717, 1.165) is 0 Å². The Hall–Kier alpha value is -1.43. The van der Waals surface area contributed by atoms with E-state index in [1.807, 2.05) is 0 Å². The molecule has 1 fully saturated rings. The molecule has 0 amide bonds. The Morgan fingerprint density at radius 3 is 2.50 bits per heavy atom. The summed E-state index contributed by atoms with van der Waals surface area (Å²) in [7, 11) is 0. The van der Waals surface area contributed by atoms with Crippen LogP contribution in [0, 0.1) is 0 Å². The Kier molecular flexibility index (Phi) is 3.96. The van der Waals surface area contributed by atoms with E-state index in [0.29, 0.717) is 5.56 Å². The minimum Gasteiger partial charge on any atom is -0.459 e. The highest BCUT2D eigenvalue weighted by atomic mass is 16.6. The summed E-state index contributed by atoms with van der Waals surface area (Å²) in [4.78, 5) is 11.6. The van der Waals surface area contributed by atoms with Gasteiger partial charge in [0.1, 0.15) is 24.9 Å². The molecule has 0 saturated carbocycles. The van der Waals surface area contributed by atoms with Crippen molar-refractivity contribution in [3.05, 3.63) is 35.9 Å². The van der Waals surface area contributed by atoms with Gasteiger partial charge in [0.2, 0.25) is 0 Å². The molecule has 1 aromatic carbocycles. The summed E-state index contributed by atoms with van der Waals surface area (Å²) in [5.41, 5.74) is 0.443. The second-order valence-electron chi connectivity index (χ2n) is 4.33. The second-order valence-corrected chi connectivity index (χ2v) is 4.33. The Balaban J connectivity index is 1.88. The molecule has 4 atom stereocenters. The lowest BCUT2D eigenvalue weighted by Crippen LogP contribution is -2.34. The fourth-order valence-electron chi connectivity index (χ4n) is 1.89. The van der Waals surface area contributed by atoms with Crippen LogP contribution in [0.4, 0.5) is 0 Å². The highest BCUT2D eigenvalue weighted by molar-refractivity contribution is 5.89. The number of hydrogen-bond acceptors (Lipinski definition) is 5. The van der Waals surface area contributed by atoms with Crippen molar-refractivity contribution >= 4 is 5.97 Å². The number of esters is 1. The molecule has 0 aromatic heterocycles. The van der Waals surface area contributed by atoms with Gasteiger partial charge in [-0.15, -0.1) is 0 Å². The van der Waals surface area contributed by atoms with Crippen molar-refractivity contribution in [2.75, 3.05) is 6.61 Å². The fraction of sp³-hybridized carbons (Fsp3) is 0.462. The van der Waals surface area contributed by atoms with Gasteiger partial charge < -0.3 is 19.7 Å². The summed E-state index contributed by atoms with van der Waals surface area (Å²) < 4.78 is 10.3. The van der Waals surface area contributed by atoms with Crippen molar-refractivity contribution < 1.29 is 24.5 Å². The molecule has 18 heavy (non-hydrogen) atoms. The average Bonchev–Trinajstić information content (AvgIpc) is 2.64. The maximum Gasteiger partial charge on any atom is 0.338 e. The number of aliphatic hydroxyl groups is 2. The molecule has 0 spiro atoms. The number of benzene rings is 1. The summed E-state index contributed by atoms with van der Waals surface area (Å²) in [6.45, 7) is 1.59. The Bertz CT molecular complexity index is 405. The zero-order valence-corrected chi connectivity index (χ0v) is 10.0. The predicted octanol–water partition coefficient (Wildman–Crippen LogP) is 0.353. The Labute approximate surface area is 105 Å². The first-order chi connectivity index (χ1) is 8.59. The van der Waals surface area contributed by atoms with Gasteiger partial charge in [-0.25, -0.2) is 4.79 Å². The molecule has 0 radical (unpaired) electrons. The quantitative estimate of drug-likeness (QED) is 0.759. The molecule has 1 aromatic rings. The molecule has 1 heterocycles. The third kappa shape index (κ3) is 2.69. The minimum absolute atomic E-state index is 0.0731. The van der Waals surface area contributed by atoms with Crippen LogP contribution in [0.25, 0.3) is 0 Å². The molecule has 5 heteroatoms. The van der Waals surface area contributed by atoms with Gasteiger partial charge in [-0.05, 0) is 19.1 Å². The van der Waals surface area contributed by atoms with Crippen molar-refractivity contribution in [2.45, 2.75) is 31.3 Å². The highest BCUT2D eigenvalue weighted by Gasteiger charge is 2.40. The van der Waals surface area contributed by atoms with Crippen LogP contribution in [0.3, 0.4) is 0 Å². The zero-order valence-electron chi connectivity index (χ0n) is 10.0. The molecule has 1 aliphatic rings. The fourth-order valence-corrected chi connectivity index (χ4v) is 1.89. The van der Waals surface area contributed by atoms with E-state index in [2.05, 4.69) is 0 Å². The molecule has 5 nitrogen and oxygen atoms in total. The van der Waals surface area contributed by atoms with Gasteiger partial charge in [0.05, 0.1) is 11.7 Å². The van der Waals surface area contributed by atoms with Crippen molar-refractivity contribution in [1.29, 1.82) is 0 Å². The van der Waals surface area contributed by atoms with E-state index in [9.17, 15) is 15.0 Å². The SMILES string of the molecule is CC1O[C@H](COC(=O)c2ccccc2)[C@H](O)[C@H]1O. The van der Waals surface area contributed by atoms with E-state index in [1.165, 1.54) is 0 Å². The van der Waals surface area contributed by atoms with Gasteiger partial charge >= 0.3 is 5.97 Å². The summed E-state index contributed by atoms with van der Waals surface area (Å²) in [5.74, 6) is -0.472. The minimum atomic E-state index is -1.02. The zero-order chi connectivity index (χ0) is 13.1. The van der Waals surface area contributed by atoms with Crippen molar-refractivity contribution in [3.63, 3.8) is 0 Å². The lowest BCUT2D eigenvalue weighted by molar-refractivity contribution is -0.0299. The number of hydrogen-bond donors (Lipinski definition) is 2. The number of ether oxygens (including phenoxy) is 2. The molecule has 0 aliphatic carbocycles. The second kappa shape index (κ2) is 5.48. The number of carbonyl (C=O) groups is 1. The van der Waals surface area contributed by atoms with Crippen LogP contribution in [-0.2, 0) is 9.47 Å². The van der Waals surface area contributed by atoms with Crippen molar-refractivity contribution in [2.24, 2.45) is 0 Å². The molecule has 1 unspecified atom stereocenters. The Morgan fingerprint density at radius 2 is 1.94 bits per heavy atom. The third-order valence-corrected chi connectivity index (χ3v) is 2.99. The molecular weight excluding hydrogens is 236 g/mol. The number of aliphatic hydroxyl groups excluding tert-OH is 2. The van der Waals surface area contributed by atoms with Crippen LogP contribution in [0.2, 0.25) is 0 Å².